The summed E-state index contributed by atoms with van der Waals surface area (Å²) in [7, 11) is 0. The van der Waals surface area contributed by atoms with Gasteiger partial charge in [0.05, 0.1) is 5.69 Å². The topological polar surface area (TPSA) is 17.8 Å². The Labute approximate surface area is 108 Å². The summed E-state index contributed by atoms with van der Waals surface area (Å²) < 4.78 is 2.00. The van der Waals surface area contributed by atoms with E-state index in [2.05, 4.69) is 10.4 Å². The molecule has 0 aliphatic heterocycles. The minimum Gasteiger partial charge on any atom is -0.300 e. The van der Waals surface area contributed by atoms with Crippen LogP contribution in [0, 0.1) is 0 Å². The molecule has 0 radical (unpaired) electrons. The molecule has 3 aromatic rings. The lowest BCUT2D eigenvalue weighted by atomic mass is 10.2. The van der Waals surface area contributed by atoms with Crippen molar-refractivity contribution >= 4 is 22.9 Å². The van der Waals surface area contributed by atoms with E-state index in [0.717, 1.165) is 21.4 Å². The van der Waals surface area contributed by atoms with Gasteiger partial charge >= 0.3 is 0 Å². The van der Waals surface area contributed by atoms with E-state index in [-0.39, 0.29) is 0 Å². The summed E-state index contributed by atoms with van der Waals surface area (Å²) in [6.07, 6.45) is 3.98. The molecule has 0 N–H and O–H groups in total. The molecule has 0 bridgehead atoms. The molecule has 0 spiro atoms. The fraction of sp³-hybridized carbons (Fsp3) is 0. The maximum absolute atomic E-state index is 5.86. The number of benzene rings is 1. The fourth-order valence-corrected chi connectivity index (χ4v) is 2.52. The highest BCUT2D eigenvalue weighted by Crippen LogP contribution is 2.25. The van der Waals surface area contributed by atoms with Gasteiger partial charge in [-0.1, -0.05) is 23.7 Å². The fourth-order valence-electron chi connectivity index (χ4n) is 1.60. The second kappa shape index (κ2) is 4.35. The van der Waals surface area contributed by atoms with Gasteiger partial charge in [0.25, 0.3) is 0 Å². The monoisotopic (exact) mass is 260 g/mol. The van der Waals surface area contributed by atoms with Crippen LogP contribution < -0.4 is 0 Å². The van der Waals surface area contributed by atoms with Gasteiger partial charge < -0.3 is 4.57 Å². The molecule has 0 saturated carbocycles. The Morgan fingerprint density at radius 3 is 2.47 bits per heavy atom. The largest absolute Gasteiger partial charge is 0.300 e. The van der Waals surface area contributed by atoms with Crippen LogP contribution in [0.15, 0.2) is 54.2 Å². The summed E-state index contributed by atoms with van der Waals surface area (Å²) >= 11 is 7.49. The Balaban J connectivity index is 1.98. The predicted molar refractivity (Wildman–Crippen MR) is 71.9 cm³/mol. The van der Waals surface area contributed by atoms with E-state index in [0.29, 0.717) is 0 Å². The molecule has 84 valence electrons. The second-order valence-electron chi connectivity index (χ2n) is 3.61. The van der Waals surface area contributed by atoms with Gasteiger partial charge in [0, 0.05) is 28.4 Å². The molecule has 0 aliphatic rings. The van der Waals surface area contributed by atoms with E-state index in [9.17, 15) is 0 Å². The summed E-state index contributed by atoms with van der Waals surface area (Å²) in [5, 5.41) is 3.77. The van der Waals surface area contributed by atoms with Crippen LogP contribution >= 0.6 is 22.9 Å². The minimum absolute atomic E-state index is 0.745. The summed E-state index contributed by atoms with van der Waals surface area (Å²) in [5.41, 5.74) is 2.07. The first-order chi connectivity index (χ1) is 8.33. The quantitative estimate of drug-likeness (QED) is 0.673. The van der Waals surface area contributed by atoms with Crippen LogP contribution in [-0.4, -0.2) is 9.55 Å². The normalized spacial score (nSPS) is 10.6. The molecule has 17 heavy (non-hydrogen) atoms. The average Bonchev–Trinajstić information content (AvgIpc) is 3.00. The molecule has 2 nitrogen and oxygen atoms in total. The molecule has 0 unspecified atom stereocenters. The third kappa shape index (κ3) is 2.12. The van der Waals surface area contributed by atoms with Crippen molar-refractivity contribution in [1.29, 1.82) is 0 Å². The standard InChI is InChI=1S/C13H9ClN2S/c14-11-5-3-10(4-6-11)12-9-17-13(15-12)16-7-1-2-8-16/h1-9H. The number of halogens is 1. The first-order valence-corrected chi connectivity index (χ1v) is 6.43. The second-order valence-corrected chi connectivity index (χ2v) is 4.89. The number of nitrogens with zero attached hydrogens (tertiary/aromatic N) is 2. The SMILES string of the molecule is Clc1ccc(-c2csc(-n3cccc3)n2)cc1. The Kier molecular flexibility index (Phi) is 2.71. The van der Waals surface area contributed by atoms with Crippen molar-refractivity contribution in [3.63, 3.8) is 0 Å². The lowest BCUT2D eigenvalue weighted by Crippen LogP contribution is -1.87. The van der Waals surface area contributed by atoms with Crippen molar-refractivity contribution in [3.8, 4) is 16.4 Å². The van der Waals surface area contributed by atoms with Gasteiger partial charge in [0.1, 0.15) is 0 Å². The van der Waals surface area contributed by atoms with Gasteiger partial charge in [0.15, 0.2) is 5.13 Å². The van der Waals surface area contributed by atoms with E-state index in [1.165, 1.54) is 0 Å². The first-order valence-electron chi connectivity index (χ1n) is 5.18. The molecule has 0 aliphatic carbocycles. The molecule has 2 heterocycles. The average molecular weight is 261 g/mol. The minimum atomic E-state index is 0.745. The van der Waals surface area contributed by atoms with Crippen LogP contribution in [-0.2, 0) is 0 Å². The lowest BCUT2D eigenvalue weighted by molar-refractivity contribution is 1.05. The Morgan fingerprint density at radius 1 is 1.06 bits per heavy atom. The Morgan fingerprint density at radius 2 is 1.76 bits per heavy atom. The van der Waals surface area contributed by atoms with Crippen LogP contribution in [0.3, 0.4) is 0 Å². The highest BCUT2D eigenvalue weighted by atomic mass is 35.5. The van der Waals surface area contributed by atoms with Gasteiger partial charge in [-0.3, -0.25) is 0 Å². The Bertz CT molecular complexity index is 611. The van der Waals surface area contributed by atoms with E-state index in [1.54, 1.807) is 11.3 Å². The van der Waals surface area contributed by atoms with Crippen molar-refractivity contribution < 1.29 is 0 Å². The van der Waals surface area contributed by atoms with Gasteiger partial charge in [-0.05, 0) is 24.3 Å². The molecule has 4 heteroatoms. The lowest BCUT2D eigenvalue weighted by Gasteiger charge is -1.97. The van der Waals surface area contributed by atoms with Gasteiger partial charge in [-0.2, -0.15) is 0 Å². The van der Waals surface area contributed by atoms with E-state index in [4.69, 9.17) is 11.6 Å². The van der Waals surface area contributed by atoms with E-state index >= 15 is 0 Å². The summed E-state index contributed by atoms with van der Waals surface area (Å²) in [6.45, 7) is 0. The molecule has 0 saturated heterocycles. The van der Waals surface area contributed by atoms with Crippen LogP contribution in [0.2, 0.25) is 5.02 Å². The zero-order chi connectivity index (χ0) is 11.7. The van der Waals surface area contributed by atoms with Gasteiger partial charge in [-0.25, -0.2) is 4.98 Å². The van der Waals surface area contributed by atoms with Crippen LogP contribution in [0.5, 0.6) is 0 Å². The van der Waals surface area contributed by atoms with Gasteiger partial charge in [0.2, 0.25) is 0 Å². The molecule has 0 fully saturated rings. The van der Waals surface area contributed by atoms with Gasteiger partial charge in [-0.15, -0.1) is 11.3 Å². The molecular weight excluding hydrogens is 252 g/mol. The number of thiazole rings is 1. The highest BCUT2D eigenvalue weighted by molar-refractivity contribution is 7.12. The third-order valence-corrected chi connectivity index (χ3v) is 3.56. The summed E-state index contributed by atoms with van der Waals surface area (Å²) in [5.74, 6) is 0. The number of hydrogen-bond acceptors (Lipinski definition) is 2. The number of rotatable bonds is 2. The zero-order valence-corrected chi connectivity index (χ0v) is 10.4. The van der Waals surface area contributed by atoms with Crippen LogP contribution in [0.25, 0.3) is 16.4 Å². The molecule has 0 amide bonds. The van der Waals surface area contributed by atoms with Crippen LogP contribution in [0.4, 0.5) is 0 Å². The first kappa shape index (κ1) is 10.6. The molecule has 1 aromatic carbocycles. The Hall–Kier alpha value is -1.58. The van der Waals surface area contributed by atoms with Crippen molar-refractivity contribution in [2.24, 2.45) is 0 Å². The van der Waals surface area contributed by atoms with Crippen molar-refractivity contribution in [1.82, 2.24) is 9.55 Å². The molecule has 0 atom stereocenters. The zero-order valence-electron chi connectivity index (χ0n) is 8.88. The van der Waals surface area contributed by atoms with Crippen molar-refractivity contribution in [3.05, 3.63) is 59.2 Å². The maximum atomic E-state index is 5.86. The summed E-state index contributed by atoms with van der Waals surface area (Å²) in [6, 6.07) is 11.7. The van der Waals surface area contributed by atoms with Crippen molar-refractivity contribution in [2.45, 2.75) is 0 Å². The highest BCUT2D eigenvalue weighted by Gasteiger charge is 2.05. The predicted octanol–water partition coefficient (Wildman–Crippen LogP) is 4.25. The van der Waals surface area contributed by atoms with E-state index in [1.807, 2.05) is 53.4 Å². The van der Waals surface area contributed by atoms with E-state index < -0.39 is 0 Å². The number of hydrogen-bond donors (Lipinski definition) is 0. The summed E-state index contributed by atoms with van der Waals surface area (Å²) in [4.78, 5) is 4.59. The smallest absolute Gasteiger partial charge is 0.194 e. The molecular formula is C13H9ClN2S. The maximum Gasteiger partial charge on any atom is 0.194 e. The van der Waals surface area contributed by atoms with Crippen molar-refractivity contribution in [2.75, 3.05) is 0 Å². The third-order valence-electron chi connectivity index (χ3n) is 2.46. The molecule has 2 aromatic heterocycles. The molecule has 3 rings (SSSR count). The number of aromatic nitrogens is 2. The van der Waals surface area contributed by atoms with Crippen LogP contribution in [0.1, 0.15) is 0 Å².